The van der Waals surface area contributed by atoms with Gasteiger partial charge < -0.3 is 0 Å². The minimum atomic E-state index is 0.288. The molecule has 142 valence electrons. The average Bonchev–Trinajstić information content (AvgIpc) is 3.30. The number of methoxy groups -OCH3 is 1. The molecule has 0 aromatic rings. The van der Waals surface area contributed by atoms with Crippen molar-refractivity contribution in [2.75, 3.05) is 13.7 Å². The summed E-state index contributed by atoms with van der Waals surface area (Å²) in [6.07, 6.45) is 8.94. The van der Waals surface area contributed by atoms with Gasteiger partial charge in [-0.15, -0.1) is 0 Å². The van der Waals surface area contributed by atoms with Gasteiger partial charge >= 0.3 is 167 Å². The first-order chi connectivity index (χ1) is 13.3. The molecule has 0 bridgehead atoms. The summed E-state index contributed by atoms with van der Waals surface area (Å²) in [6, 6.07) is 0. The van der Waals surface area contributed by atoms with Crippen molar-refractivity contribution in [3.05, 3.63) is 56.0 Å². The zero-order valence-electron chi connectivity index (χ0n) is 14.7. The molecule has 1 aliphatic heterocycles. The van der Waals surface area contributed by atoms with E-state index in [9.17, 15) is 0 Å². The number of rotatable bonds is 3. The monoisotopic (exact) mass is 410 g/mol. The fourth-order valence-electron chi connectivity index (χ4n) is 3.28. The Morgan fingerprint density at radius 3 is 2.04 bits per heavy atom. The van der Waals surface area contributed by atoms with Gasteiger partial charge in [0.25, 0.3) is 0 Å². The summed E-state index contributed by atoms with van der Waals surface area (Å²) in [5.41, 5.74) is 4.38. The first kappa shape index (κ1) is 30.2. The summed E-state index contributed by atoms with van der Waals surface area (Å²) in [6.45, 7) is 23.4. The molecular weight excluding hydrogens is 392 g/mol. The molecule has 27 heavy (non-hydrogen) atoms. The zero-order valence-corrected chi connectivity index (χ0v) is 16.0. The molecule has 0 spiro atoms. The molecule has 0 aromatic carbocycles. The van der Waals surface area contributed by atoms with Gasteiger partial charge in [0.15, 0.2) is 0 Å². The van der Waals surface area contributed by atoms with E-state index in [2.05, 4.69) is 55.2 Å². The summed E-state index contributed by atoms with van der Waals surface area (Å²) in [5.74, 6) is 0.626. The van der Waals surface area contributed by atoms with Gasteiger partial charge in [-0.2, -0.15) is 0 Å². The molecule has 7 nitrogen and oxygen atoms in total. The minimum absolute atomic E-state index is 0.288. The summed E-state index contributed by atoms with van der Waals surface area (Å²) in [7, 11) is 1.73. The second kappa shape index (κ2) is 20.8. The normalized spacial score (nSPS) is 20.5. The molecule has 0 radical (unpaired) electrons. The van der Waals surface area contributed by atoms with Crippen molar-refractivity contribution in [1.29, 1.82) is 0 Å². The van der Waals surface area contributed by atoms with Gasteiger partial charge in [-0.3, -0.25) is 0 Å². The van der Waals surface area contributed by atoms with Crippen LogP contribution in [0.4, 0.5) is 0 Å². The summed E-state index contributed by atoms with van der Waals surface area (Å²) < 4.78 is 49.7. The van der Waals surface area contributed by atoms with Crippen molar-refractivity contribution in [1.82, 2.24) is 0 Å². The van der Waals surface area contributed by atoms with Crippen LogP contribution in [0.1, 0.15) is 32.1 Å². The van der Waals surface area contributed by atoms with Crippen LogP contribution in [-0.2, 0) is 48.6 Å². The topological polar surface area (TPSA) is 118 Å². The number of fused-ring (bicyclic) bond motifs is 1. The molecule has 8 heteroatoms. The fourth-order valence-corrected chi connectivity index (χ4v) is 3.63. The van der Waals surface area contributed by atoms with Crippen molar-refractivity contribution in [2.24, 2.45) is 5.92 Å². The van der Waals surface area contributed by atoms with Crippen molar-refractivity contribution in [2.45, 2.75) is 38.2 Å². The molecular formula is C19H18CrO7. The van der Waals surface area contributed by atoms with E-state index in [0.717, 1.165) is 11.2 Å². The molecule has 1 heterocycles. The zero-order chi connectivity index (χ0) is 21.8. The summed E-state index contributed by atoms with van der Waals surface area (Å²) >= 11 is 3.04. The van der Waals surface area contributed by atoms with E-state index < -0.39 is 0 Å². The Morgan fingerprint density at radius 1 is 1.04 bits per heavy atom. The maximum absolute atomic E-state index is 7.50. The van der Waals surface area contributed by atoms with E-state index >= 15 is 0 Å². The third-order valence-electron chi connectivity index (χ3n) is 4.06. The first-order valence-electron chi connectivity index (χ1n) is 7.48. The Kier molecular flexibility index (Phi) is 23.3. The van der Waals surface area contributed by atoms with Crippen molar-refractivity contribution >= 4 is 4.57 Å². The van der Waals surface area contributed by atoms with Gasteiger partial charge in [-0.25, -0.2) is 0 Å². The van der Waals surface area contributed by atoms with Crippen LogP contribution in [-0.4, -0.2) is 24.4 Å². The van der Waals surface area contributed by atoms with E-state index in [4.69, 9.17) is 32.7 Å². The Hall–Kier alpha value is -1.50. The molecule has 2 aliphatic carbocycles. The standard InChI is InChI=1S/C14H18O2.5CO.Cr/c1-15-9-12-13(10-5-2-3-6-10)11-7-4-8-16-14(11)12;5*1-2;/h5,11,14H,2-4,6-8H2,1H3;;;;;;. The van der Waals surface area contributed by atoms with Crippen LogP contribution in [0.15, 0.2) is 22.8 Å². The number of allylic oxidation sites excluding steroid dienone is 2. The van der Waals surface area contributed by atoms with Gasteiger partial charge in [-0.1, -0.05) is 0 Å². The number of hydrogen-bond donors (Lipinski definition) is 0. The molecule has 3 aliphatic rings. The summed E-state index contributed by atoms with van der Waals surface area (Å²) in [5, 5.41) is 0. The summed E-state index contributed by atoms with van der Waals surface area (Å²) in [4.78, 5) is 0. The van der Waals surface area contributed by atoms with E-state index in [1.807, 2.05) is 0 Å². The molecule has 3 rings (SSSR count). The fraction of sp³-hybridized carbons (Fsp3) is 0.474. The predicted octanol–water partition coefficient (Wildman–Crippen LogP) is 2.34. The Labute approximate surface area is 167 Å². The van der Waals surface area contributed by atoms with Crippen LogP contribution in [0.3, 0.4) is 0 Å². The number of hydrogen-bond acceptors (Lipinski definition) is 2. The second-order valence-electron chi connectivity index (χ2n) is 4.98. The van der Waals surface area contributed by atoms with E-state index in [1.165, 1.54) is 43.3 Å². The Morgan fingerprint density at radius 2 is 1.59 bits per heavy atom. The molecule has 1 saturated heterocycles. The SMILES string of the molecule is CO[C](=[Cr])C1=C(C2=CCCC2)C2CCCOC12.[C-]#[O+].[C-]#[O+].[C-]#[O+].[C-]#[O+].[C-]#[O+]. The molecule has 2 unspecified atom stereocenters. The van der Waals surface area contributed by atoms with Crippen LogP contribution >= 0.6 is 0 Å². The van der Waals surface area contributed by atoms with Gasteiger partial charge in [-0.05, 0) is 0 Å². The first-order valence-corrected chi connectivity index (χ1v) is 8.12. The van der Waals surface area contributed by atoms with Crippen molar-refractivity contribution in [3.63, 3.8) is 0 Å². The third-order valence-corrected chi connectivity index (χ3v) is 4.66. The van der Waals surface area contributed by atoms with E-state index in [1.54, 1.807) is 12.7 Å². The second-order valence-corrected chi connectivity index (χ2v) is 5.56. The molecule has 0 saturated carbocycles. The van der Waals surface area contributed by atoms with Gasteiger partial charge in [0.2, 0.25) is 0 Å². The Bertz CT molecular complexity index is 573. The van der Waals surface area contributed by atoms with Crippen LogP contribution in [0.2, 0.25) is 0 Å². The molecule has 0 N–H and O–H groups in total. The Balaban J connectivity index is -0.000000504. The van der Waals surface area contributed by atoms with E-state index in [-0.39, 0.29) is 6.10 Å². The van der Waals surface area contributed by atoms with Crippen LogP contribution in [0.5, 0.6) is 0 Å². The molecule has 1 fully saturated rings. The molecule has 0 amide bonds. The van der Waals surface area contributed by atoms with Crippen molar-refractivity contribution in [3.8, 4) is 0 Å². The van der Waals surface area contributed by atoms with Gasteiger partial charge in [0, 0.05) is 0 Å². The molecule has 0 aromatic heterocycles. The van der Waals surface area contributed by atoms with Gasteiger partial charge in [0.05, 0.1) is 0 Å². The van der Waals surface area contributed by atoms with Crippen molar-refractivity contribution < 1.29 is 48.6 Å². The van der Waals surface area contributed by atoms with Crippen LogP contribution in [0, 0.1) is 39.2 Å². The van der Waals surface area contributed by atoms with Gasteiger partial charge in [0.1, 0.15) is 0 Å². The maximum atomic E-state index is 7.50. The third kappa shape index (κ3) is 8.37. The predicted molar refractivity (Wildman–Crippen MR) is 83.1 cm³/mol. The quantitative estimate of drug-likeness (QED) is 0.524. The molecule has 2 atom stereocenters. The average molecular weight is 410 g/mol. The van der Waals surface area contributed by atoms with Crippen LogP contribution < -0.4 is 0 Å². The van der Waals surface area contributed by atoms with Crippen LogP contribution in [0.25, 0.3) is 0 Å². The van der Waals surface area contributed by atoms with E-state index in [0.29, 0.717) is 5.92 Å². The number of ether oxygens (including phenoxy) is 2.